The largest absolute Gasteiger partial charge is 0.487 e. The molecule has 26 heavy (non-hydrogen) atoms. The molecule has 2 aromatic rings. The Bertz CT molecular complexity index is 789. The van der Waals surface area contributed by atoms with Gasteiger partial charge in [-0.1, -0.05) is 18.2 Å². The molecule has 0 amide bonds. The molecule has 0 fully saturated rings. The highest BCUT2D eigenvalue weighted by atomic mass is 16.5. The van der Waals surface area contributed by atoms with Crippen LogP contribution in [0.4, 0.5) is 0 Å². The molecule has 0 spiro atoms. The van der Waals surface area contributed by atoms with Crippen LogP contribution in [0, 0.1) is 0 Å². The SMILES string of the molecule is CN=C(NCc1ccnc(OC)c1)NC1CC(C)(C)Oc2ccccc21. The van der Waals surface area contributed by atoms with Crippen molar-refractivity contribution in [1.82, 2.24) is 15.6 Å². The molecule has 6 nitrogen and oxygen atoms in total. The molecular weight excluding hydrogens is 328 g/mol. The highest BCUT2D eigenvalue weighted by Crippen LogP contribution is 2.39. The quantitative estimate of drug-likeness (QED) is 0.652. The van der Waals surface area contributed by atoms with E-state index in [1.54, 1.807) is 20.4 Å². The predicted octanol–water partition coefficient (Wildman–Crippen LogP) is 3.06. The highest BCUT2D eigenvalue weighted by Gasteiger charge is 2.33. The van der Waals surface area contributed by atoms with Crippen LogP contribution in [0.25, 0.3) is 0 Å². The zero-order valence-corrected chi connectivity index (χ0v) is 15.7. The Morgan fingerprint density at radius 1 is 1.35 bits per heavy atom. The summed E-state index contributed by atoms with van der Waals surface area (Å²) in [4.78, 5) is 8.50. The number of methoxy groups -OCH3 is 1. The van der Waals surface area contributed by atoms with Crippen molar-refractivity contribution in [3.05, 3.63) is 53.7 Å². The fourth-order valence-corrected chi connectivity index (χ4v) is 3.15. The molecule has 0 aliphatic carbocycles. The number of hydrogen-bond acceptors (Lipinski definition) is 4. The van der Waals surface area contributed by atoms with E-state index in [9.17, 15) is 0 Å². The summed E-state index contributed by atoms with van der Waals surface area (Å²) in [5, 5.41) is 6.89. The van der Waals surface area contributed by atoms with Crippen molar-refractivity contribution in [2.45, 2.75) is 38.5 Å². The average molecular weight is 354 g/mol. The van der Waals surface area contributed by atoms with Crippen molar-refractivity contribution >= 4 is 5.96 Å². The smallest absolute Gasteiger partial charge is 0.213 e. The number of benzene rings is 1. The summed E-state index contributed by atoms with van der Waals surface area (Å²) in [6.07, 6.45) is 2.59. The molecule has 1 unspecified atom stereocenters. The van der Waals surface area contributed by atoms with Crippen LogP contribution in [-0.2, 0) is 6.54 Å². The molecule has 2 N–H and O–H groups in total. The van der Waals surface area contributed by atoms with Gasteiger partial charge in [0.2, 0.25) is 5.88 Å². The summed E-state index contributed by atoms with van der Waals surface area (Å²) in [6, 6.07) is 12.2. The first kappa shape index (κ1) is 18.0. The molecule has 6 heteroatoms. The number of nitrogens with one attached hydrogen (secondary N) is 2. The van der Waals surface area contributed by atoms with Crippen LogP contribution in [0.3, 0.4) is 0 Å². The summed E-state index contributed by atoms with van der Waals surface area (Å²) in [7, 11) is 3.39. The summed E-state index contributed by atoms with van der Waals surface area (Å²) in [5.41, 5.74) is 2.00. The third-order valence-corrected chi connectivity index (χ3v) is 4.38. The zero-order chi connectivity index (χ0) is 18.6. The molecule has 1 aromatic heterocycles. The zero-order valence-electron chi connectivity index (χ0n) is 15.7. The normalized spacial score (nSPS) is 18.5. The van der Waals surface area contributed by atoms with Gasteiger partial charge in [-0.2, -0.15) is 0 Å². The second kappa shape index (κ2) is 7.64. The Labute approximate surface area is 154 Å². The number of aromatic nitrogens is 1. The number of ether oxygens (including phenoxy) is 2. The monoisotopic (exact) mass is 354 g/mol. The molecule has 0 radical (unpaired) electrons. The van der Waals surface area contributed by atoms with Gasteiger partial charge < -0.3 is 20.1 Å². The van der Waals surface area contributed by atoms with Gasteiger partial charge in [0.05, 0.1) is 13.2 Å². The Balaban J connectivity index is 1.70. The van der Waals surface area contributed by atoms with Crippen molar-refractivity contribution < 1.29 is 9.47 Å². The lowest BCUT2D eigenvalue weighted by Gasteiger charge is -2.38. The molecule has 0 saturated heterocycles. The Morgan fingerprint density at radius 3 is 2.92 bits per heavy atom. The van der Waals surface area contributed by atoms with Crippen molar-refractivity contribution in [3.63, 3.8) is 0 Å². The third-order valence-electron chi connectivity index (χ3n) is 4.38. The van der Waals surface area contributed by atoms with Crippen LogP contribution in [-0.4, -0.2) is 30.7 Å². The summed E-state index contributed by atoms with van der Waals surface area (Å²) >= 11 is 0. The maximum absolute atomic E-state index is 6.10. The maximum atomic E-state index is 6.10. The number of para-hydroxylation sites is 1. The number of guanidine groups is 1. The van der Waals surface area contributed by atoms with E-state index < -0.39 is 0 Å². The second-order valence-electron chi connectivity index (χ2n) is 6.93. The summed E-state index contributed by atoms with van der Waals surface area (Å²) in [6.45, 7) is 4.85. The third kappa shape index (κ3) is 4.25. The molecule has 0 saturated carbocycles. The fraction of sp³-hybridized carbons (Fsp3) is 0.400. The maximum Gasteiger partial charge on any atom is 0.213 e. The van der Waals surface area contributed by atoms with Gasteiger partial charge in [-0.3, -0.25) is 4.99 Å². The van der Waals surface area contributed by atoms with E-state index in [1.165, 1.54) is 0 Å². The number of pyridine rings is 1. The molecule has 0 bridgehead atoms. The average Bonchev–Trinajstić information content (AvgIpc) is 2.64. The van der Waals surface area contributed by atoms with Gasteiger partial charge in [0, 0.05) is 37.8 Å². The van der Waals surface area contributed by atoms with Crippen LogP contribution in [0.5, 0.6) is 11.6 Å². The lowest BCUT2D eigenvalue weighted by molar-refractivity contribution is 0.0694. The van der Waals surface area contributed by atoms with E-state index in [4.69, 9.17) is 9.47 Å². The summed E-state index contributed by atoms with van der Waals surface area (Å²) in [5.74, 6) is 2.28. The molecule has 1 aliphatic heterocycles. The second-order valence-corrected chi connectivity index (χ2v) is 6.93. The topological polar surface area (TPSA) is 67.8 Å². The number of hydrogen-bond donors (Lipinski definition) is 2. The minimum Gasteiger partial charge on any atom is -0.487 e. The van der Waals surface area contributed by atoms with Crippen molar-refractivity contribution in [3.8, 4) is 11.6 Å². The molecular formula is C20H26N4O2. The summed E-state index contributed by atoms with van der Waals surface area (Å²) < 4.78 is 11.3. The minimum absolute atomic E-state index is 0.133. The Hall–Kier alpha value is -2.76. The van der Waals surface area contributed by atoms with Gasteiger partial charge in [0.15, 0.2) is 5.96 Å². The number of nitrogens with zero attached hydrogens (tertiary/aromatic N) is 2. The molecule has 1 atom stereocenters. The molecule has 3 rings (SSSR count). The molecule has 138 valence electrons. The van der Waals surface area contributed by atoms with E-state index in [1.807, 2.05) is 30.3 Å². The Kier molecular flexibility index (Phi) is 5.30. The Morgan fingerprint density at radius 2 is 2.15 bits per heavy atom. The van der Waals surface area contributed by atoms with Crippen LogP contribution in [0.2, 0.25) is 0 Å². The number of aliphatic imine (C=N–C) groups is 1. The highest BCUT2D eigenvalue weighted by molar-refractivity contribution is 5.80. The molecule has 1 aliphatic rings. The lowest BCUT2D eigenvalue weighted by atomic mass is 9.90. The van der Waals surface area contributed by atoms with Crippen LogP contribution in [0.1, 0.15) is 37.4 Å². The van der Waals surface area contributed by atoms with Gasteiger partial charge in [0.1, 0.15) is 11.4 Å². The fourth-order valence-electron chi connectivity index (χ4n) is 3.15. The van der Waals surface area contributed by atoms with Crippen LogP contribution < -0.4 is 20.1 Å². The standard InChI is InChI=1S/C20H26N4O2/c1-20(2)12-16(15-7-5-6-8-17(15)26-20)24-19(21-3)23-13-14-9-10-22-18(11-14)25-4/h5-11,16H,12-13H2,1-4H3,(H2,21,23,24). The number of rotatable bonds is 4. The first-order chi connectivity index (χ1) is 12.5. The lowest BCUT2D eigenvalue weighted by Crippen LogP contribution is -2.45. The molecule has 1 aromatic carbocycles. The van der Waals surface area contributed by atoms with E-state index >= 15 is 0 Å². The predicted molar refractivity (Wildman–Crippen MR) is 103 cm³/mol. The van der Waals surface area contributed by atoms with E-state index in [0.29, 0.717) is 12.4 Å². The minimum atomic E-state index is -0.233. The molecule has 2 heterocycles. The van der Waals surface area contributed by atoms with Crippen LogP contribution in [0.15, 0.2) is 47.6 Å². The van der Waals surface area contributed by atoms with Crippen molar-refractivity contribution in [2.75, 3.05) is 14.2 Å². The van der Waals surface area contributed by atoms with Gasteiger partial charge in [-0.15, -0.1) is 0 Å². The van der Waals surface area contributed by atoms with Crippen molar-refractivity contribution in [2.24, 2.45) is 4.99 Å². The van der Waals surface area contributed by atoms with E-state index in [2.05, 4.69) is 40.5 Å². The van der Waals surface area contributed by atoms with Gasteiger partial charge in [-0.25, -0.2) is 4.98 Å². The number of fused-ring (bicyclic) bond motifs is 1. The first-order valence-corrected chi connectivity index (χ1v) is 8.75. The first-order valence-electron chi connectivity index (χ1n) is 8.75. The van der Waals surface area contributed by atoms with E-state index in [-0.39, 0.29) is 11.6 Å². The van der Waals surface area contributed by atoms with Gasteiger partial charge in [-0.05, 0) is 31.5 Å². The van der Waals surface area contributed by atoms with E-state index in [0.717, 1.165) is 29.3 Å². The van der Waals surface area contributed by atoms with Gasteiger partial charge >= 0.3 is 0 Å². The van der Waals surface area contributed by atoms with Gasteiger partial charge in [0.25, 0.3) is 0 Å². The van der Waals surface area contributed by atoms with Crippen molar-refractivity contribution in [1.29, 1.82) is 0 Å². The van der Waals surface area contributed by atoms with Crippen LogP contribution >= 0.6 is 0 Å².